The molecular weight excluding hydrogens is 308 g/mol. The largest absolute Gasteiger partial charge is 0.446 e. The lowest BCUT2D eigenvalue weighted by Crippen LogP contribution is -2.36. The Bertz CT molecular complexity index is 677. The molecule has 128 valence electrons. The van der Waals surface area contributed by atoms with E-state index in [-0.39, 0.29) is 17.6 Å². The van der Waals surface area contributed by atoms with Gasteiger partial charge >= 0.3 is 0 Å². The summed E-state index contributed by atoms with van der Waals surface area (Å²) in [7, 11) is 0. The molecule has 0 bridgehead atoms. The smallest absolute Gasteiger partial charge is 0.277 e. The van der Waals surface area contributed by atoms with Crippen LogP contribution in [-0.2, 0) is 4.74 Å². The fourth-order valence-electron chi connectivity index (χ4n) is 2.51. The van der Waals surface area contributed by atoms with Gasteiger partial charge in [0.25, 0.3) is 5.91 Å². The normalized spacial score (nSPS) is 16.0. The second kappa shape index (κ2) is 7.46. The minimum atomic E-state index is -0.313. The number of carbonyl (C=O) groups excluding carboxylic acids is 1. The van der Waals surface area contributed by atoms with Crippen molar-refractivity contribution in [2.75, 3.05) is 36.5 Å². The van der Waals surface area contributed by atoms with Crippen LogP contribution in [0.25, 0.3) is 0 Å². The first-order valence-electron chi connectivity index (χ1n) is 8.12. The Morgan fingerprint density at radius 1 is 1.33 bits per heavy atom. The van der Waals surface area contributed by atoms with Crippen molar-refractivity contribution in [3.63, 3.8) is 0 Å². The quantitative estimate of drug-likeness (QED) is 0.873. The Balaban J connectivity index is 1.62. The lowest BCUT2D eigenvalue weighted by molar-refractivity contribution is 0.102. The third kappa shape index (κ3) is 3.74. The molecule has 2 heterocycles. The zero-order chi connectivity index (χ0) is 16.9. The van der Waals surface area contributed by atoms with Crippen LogP contribution in [0.5, 0.6) is 0 Å². The summed E-state index contributed by atoms with van der Waals surface area (Å²) in [5.41, 5.74) is 7.90. The molecule has 1 atom stereocenters. The number of nitrogens with two attached hydrogens (primary N) is 1. The number of benzene rings is 1. The number of oxazole rings is 1. The molecular formula is C17H22N4O3. The summed E-state index contributed by atoms with van der Waals surface area (Å²) >= 11 is 0. The fraction of sp³-hybridized carbons (Fsp3) is 0.412. The molecule has 3 rings (SSSR count). The third-order valence-corrected chi connectivity index (χ3v) is 4.01. The Kier molecular flexibility index (Phi) is 5.12. The van der Waals surface area contributed by atoms with E-state index in [9.17, 15) is 4.79 Å². The summed E-state index contributed by atoms with van der Waals surface area (Å²) in [5, 5.41) is 2.81. The molecule has 1 amide bonds. The van der Waals surface area contributed by atoms with Crippen LogP contribution < -0.4 is 16.0 Å². The van der Waals surface area contributed by atoms with Crippen molar-refractivity contribution in [3.05, 3.63) is 42.1 Å². The molecule has 7 nitrogen and oxygen atoms in total. The van der Waals surface area contributed by atoms with Crippen LogP contribution >= 0.6 is 0 Å². The van der Waals surface area contributed by atoms with E-state index in [4.69, 9.17) is 14.9 Å². The molecule has 1 fully saturated rings. The van der Waals surface area contributed by atoms with E-state index in [1.54, 1.807) is 0 Å². The highest BCUT2D eigenvalue weighted by Crippen LogP contribution is 2.20. The van der Waals surface area contributed by atoms with E-state index in [2.05, 4.69) is 15.2 Å². The third-order valence-electron chi connectivity index (χ3n) is 4.01. The van der Waals surface area contributed by atoms with E-state index in [1.807, 2.05) is 31.2 Å². The van der Waals surface area contributed by atoms with Crippen LogP contribution in [0.1, 0.15) is 35.8 Å². The average Bonchev–Trinajstić information content (AvgIpc) is 3.13. The number of nitrogens with zero attached hydrogens (tertiary/aromatic N) is 2. The van der Waals surface area contributed by atoms with E-state index in [0.717, 1.165) is 32.0 Å². The number of rotatable bonds is 5. The second-order valence-corrected chi connectivity index (χ2v) is 5.69. The van der Waals surface area contributed by atoms with Crippen molar-refractivity contribution in [1.82, 2.24) is 4.98 Å². The minimum absolute atomic E-state index is 0.228. The lowest BCUT2D eigenvalue weighted by Gasteiger charge is -2.28. The van der Waals surface area contributed by atoms with Gasteiger partial charge in [-0.1, -0.05) is 6.92 Å². The number of hydrogen-bond acceptors (Lipinski definition) is 6. The van der Waals surface area contributed by atoms with Gasteiger partial charge in [0.1, 0.15) is 6.26 Å². The van der Waals surface area contributed by atoms with Crippen LogP contribution in [0.4, 0.5) is 11.4 Å². The molecule has 0 radical (unpaired) electrons. The van der Waals surface area contributed by atoms with E-state index < -0.39 is 0 Å². The molecule has 1 saturated heterocycles. The summed E-state index contributed by atoms with van der Waals surface area (Å²) < 4.78 is 10.6. The van der Waals surface area contributed by atoms with Gasteiger partial charge < -0.3 is 25.1 Å². The van der Waals surface area contributed by atoms with E-state index >= 15 is 0 Å². The number of hydrogen-bond donors (Lipinski definition) is 2. The van der Waals surface area contributed by atoms with Crippen LogP contribution in [0.15, 0.2) is 34.9 Å². The number of nitrogens with one attached hydrogen (secondary N) is 1. The molecule has 2 aromatic rings. The molecule has 1 aromatic carbocycles. The van der Waals surface area contributed by atoms with Gasteiger partial charge in [0.05, 0.1) is 19.3 Å². The van der Waals surface area contributed by atoms with Gasteiger partial charge in [0, 0.05) is 24.5 Å². The second-order valence-electron chi connectivity index (χ2n) is 5.69. The van der Waals surface area contributed by atoms with Crippen LogP contribution in [0.3, 0.4) is 0 Å². The predicted octanol–water partition coefficient (Wildman–Crippen LogP) is 2.17. The number of anilines is 2. The lowest BCUT2D eigenvalue weighted by atomic mass is 10.2. The first kappa shape index (κ1) is 16.5. The Morgan fingerprint density at radius 3 is 2.71 bits per heavy atom. The Morgan fingerprint density at radius 2 is 2.04 bits per heavy atom. The molecule has 0 aliphatic carbocycles. The SMILES string of the molecule is CCC(N)c1nc(C(=O)Nc2ccc(N3CCOCC3)cc2)co1. The van der Waals surface area contributed by atoms with Crippen molar-refractivity contribution in [3.8, 4) is 0 Å². The highest BCUT2D eigenvalue weighted by atomic mass is 16.5. The number of ether oxygens (including phenoxy) is 1. The van der Waals surface area contributed by atoms with Crippen molar-refractivity contribution >= 4 is 17.3 Å². The monoisotopic (exact) mass is 330 g/mol. The van der Waals surface area contributed by atoms with Crippen molar-refractivity contribution in [1.29, 1.82) is 0 Å². The first-order chi connectivity index (χ1) is 11.7. The van der Waals surface area contributed by atoms with E-state index in [1.165, 1.54) is 6.26 Å². The highest BCUT2D eigenvalue weighted by Gasteiger charge is 2.16. The maximum Gasteiger partial charge on any atom is 0.277 e. The van der Waals surface area contributed by atoms with Crippen LogP contribution in [0, 0.1) is 0 Å². The first-order valence-corrected chi connectivity index (χ1v) is 8.12. The summed E-state index contributed by atoms with van der Waals surface area (Å²) in [6, 6.07) is 7.44. The van der Waals surface area contributed by atoms with Crippen LogP contribution in [-0.4, -0.2) is 37.2 Å². The molecule has 24 heavy (non-hydrogen) atoms. The van der Waals surface area contributed by atoms with Gasteiger partial charge in [-0.05, 0) is 30.7 Å². The fourth-order valence-corrected chi connectivity index (χ4v) is 2.51. The average molecular weight is 330 g/mol. The van der Waals surface area contributed by atoms with Gasteiger partial charge in [0.15, 0.2) is 5.69 Å². The number of carbonyl (C=O) groups is 1. The van der Waals surface area contributed by atoms with Gasteiger partial charge in [-0.15, -0.1) is 0 Å². The van der Waals surface area contributed by atoms with Gasteiger partial charge in [-0.2, -0.15) is 0 Å². The molecule has 1 aromatic heterocycles. The molecule has 0 saturated carbocycles. The summed E-state index contributed by atoms with van der Waals surface area (Å²) in [6.07, 6.45) is 2.03. The summed E-state index contributed by atoms with van der Waals surface area (Å²) in [5.74, 6) is 0.0674. The molecule has 7 heteroatoms. The number of amides is 1. The van der Waals surface area contributed by atoms with Gasteiger partial charge in [-0.25, -0.2) is 4.98 Å². The van der Waals surface area contributed by atoms with Crippen LogP contribution in [0.2, 0.25) is 0 Å². The van der Waals surface area contributed by atoms with Crippen molar-refractivity contribution < 1.29 is 13.9 Å². The minimum Gasteiger partial charge on any atom is -0.446 e. The maximum atomic E-state index is 12.2. The predicted molar refractivity (Wildman–Crippen MR) is 91.1 cm³/mol. The Labute approximate surface area is 140 Å². The number of morpholine rings is 1. The molecule has 1 unspecified atom stereocenters. The molecule has 0 spiro atoms. The molecule has 1 aliphatic rings. The highest BCUT2D eigenvalue weighted by molar-refractivity contribution is 6.02. The topological polar surface area (TPSA) is 93.6 Å². The van der Waals surface area contributed by atoms with Crippen molar-refractivity contribution in [2.45, 2.75) is 19.4 Å². The Hall–Kier alpha value is -2.38. The van der Waals surface area contributed by atoms with Gasteiger partial charge in [-0.3, -0.25) is 4.79 Å². The summed E-state index contributed by atoms with van der Waals surface area (Å²) in [4.78, 5) is 18.6. The standard InChI is InChI=1S/C17H22N4O3/c1-2-14(18)17-20-15(11-24-17)16(22)19-12-3-5-13(6-4-12)21-7-9-23-10-8-21/h3-6,11,14H,2,7-10,18H2,1H3,(H,19,22). The molecule has 3 N–H and O–H groups in total. The van der Waals surface area contributed by atoms with Crippen molar-refractivity contribution in [2.24, 2.45) is 5.73 Å². The summed E-state index contributed by atoms with van der Waals surface area (Å²) in [6.45, 7) is 5.18. The number of aromatic nitrogens is 1. The zero-order valence-corrected chi connectivity index (χ0v) is 13.7. The van der Waals surface area contributed by atoms with Gasteiger partial charge in [0.2, 0.25) is 5.89 Å². The molecule has 1 aliphatic heterocycles. The zero-order valence-electron chi connectivity index (χ0n) is 13.7. The van der Waals surface area contributed by atoms with E-state index in [0.29, 0.717) is 18.0 Å². The maximum absolute atomic E-state index is 12.2.